The van der Waals surface area contributed by atoms with E-state index in [2.05, 4.69) is 22.2 Å². The molecular formula is C16H26N4O. The van der Waals surface area contributed by atoms with Gasteiger partial charge in [0.05, 0.1) is 0 Å². The van der Waals surface area contributed by atoms with Crippen molar-refractivity contribution in [3.8, 4) is 0 Å². The smallest absolute Gasteiger partial charge is 0.321 e. The second-order valence-electron chi connectivity index (χ2n) is 5.86. The summed E-state index contributed by atoms with van der Waals surface area (Å²) in [6, 6.07) is 4.20. The molecule has 0 radical (unpaired) electrons. The number of likely N-dealkylation sites (N-methyl/N-ethyl adjacent to an activating group) is 2. The van der Waals surface area contributed by atoms with Gasteiger partial charge in [-0.2, -0.15) is 0 Å². The van der Waals surface area contributed by atoms with Crippen molar-refractivity contribution in [3.63, 3.8) is 0 Å². The summed E-state index contributed by atoms with van der Waals surface area (Å²) in [5.74, 6) is 0. The fourth-order valence-electron chi connectivity index (χ4n) is 2.77. The fourth-order valence-corrected chi connectivity index (χ4v) is 2.77. The van der Waals surface area contributed by atoms with E-state index in [9.17, 15) is 4.79 Å². The summed E-state index contributed by atoms with van der Waals surface area (Å²) in [6.07, 6.45) is 9.99. The van der Waals surface area contributed by atoms with Crippen molar-refractivity contribution in [1.82, 2.24) is 14.8 Å². The molecule has 0 saturated heterocycles. The highest BCUT2D eigenvalue weighted by atomic mass is 16.2. The maximum atomic E-state index is 12.1. The molecule has 5 nitrogen and oxygen atoms in total. The lowest BCUT2D eigenvalue weighted by Crippen LogP contribution is -2.41. The summed E-state index contributed by atoms with van der Waals surface area (Å²) >= 11 is 0. The van der Waals surface area contributed by atoms with Crippen LogP contribution in [0.25, 0.3) is 0 Å². The maximum Gasteiger partial charge on any atom is 0.321 e. The van der Waals surface area contributed by atoms with Crippen LogP contribution in [-0.4, -0.2) is 54.0 Å². The zero-order chi connectivity index (χ0) is 15.1. The summed E-state index contributed by atoms with van der Waals surface area (Å²) in [7, 11) is 4.01. The molecule has 1 aromatic rings. The van der Waals surface area contributed by atoms with E-state index in [1.165, 1.54) is 32.1 Å². The van der Waals surface area contributed by atoms with Gasteiger partial charge in [-0.25, -0.2) is 4.79 Å². The van der Waals surface area contributed by atoms with E-state index in [-0.39, 0.29) is 6.03 Å². The van der Waals surface area contributed by atoms with Crippen LogP contribution in [0.15, 0.2) is 24.5 Å². The molecule has 116 valence electrons. The molecule has 0 aliphatic heterocycles. The highest BCUT2D eigenvalue weighted by molar-refractivity contribution is 5.88. The van der Waals surface area contributed by atoms with E-state index in [0.29, 0.717) is 6.04 Å². The van der Waals surface area contributed by atoms with Crippen molar-refractivity contribution in [3.05, 3.63) is 24.5 Å². The number of hydrogen-bond donors (Lipinski definition) is 1. The van der Waals surface area contributed by atoms with Gasteiger partial charge in [0.2, 0.25) is 0 Å². The largest absolute Gasteiger partial charge is 0.326 e. The van der Waals surface area contributed by atoms with Gasteiger partial charge < -0.3 is 15.1 Å². The average molecular weight is 290 g/mol. The fraction of sp³-hybridized carbons (Fsp3) is 0.625. The zero-order valence-electron chi connectivity index (χ0n) is 13.1. The predicted octanol–water partition coefficient (Wildman–Crippen LogP) is 2.81. The molecule has 0 bridgehead atoms. The van der Waals surface area contributed by atoms with E-state index in [4.69, 9.17) is 0 Å². The lowest BCUT2D eigenvalue weighted by Gasteiger charge is -2.32. The topological polar surface area (TPSA) is 48.5 Å². The Bertz CT molecular complexity index is 431. The Balaban J connectivity index is 1.73. The second-order valence-corrected chi connectivity index (χ2v) is 5.86. The number of urea groups is 1. The van der Waals surface area contributed by atoms with Gasteiger partial charge in [-0.15, -0.1) is 0 Å². The summed E-state index contributed by atoms with van der Waals surface area (Å²) in [5.41, 5.74) is 0.780. The van der Waals surface area contributed by atoms with Crippen LogP contribution in [0.1, 0.15) is 32.1 Å². The third kappa shape index (κ3) is 5.01. The Morgan fingerprint density at radius 2 is 1.86 bits per heavy atom. The number of nitrogens with one attached hydrogen (secondary N) is 1. The Morgan fingerprint density at radius 3 is 2.52 bits per heavy atom. The normalized spacial score (nSPS) is 16.0. The number of rotatable bonds is 5. The lowest BCUT2D eigenvalue weighted by atomic mass is 9.94. The van der Waals surface area contributed by atoms with Crippen LogP contribution in [0.5, 0.6) is 0 Å². The molecule has 1 heterocycles. The summed E-state index contributed by atoms with van der Waals surface area (Å²) in [6.45, 7) is 1.66. The number of amides is 2. The number of anilines is 1. The van der Waals surface area contributed by atoms with Crippen LogP contribution in [0.4, 0.5) is 10.5 Å². The molecule has 0 unspecified atom stereocenters. The van der Waals surface area contributed by atoms with Gasteiger partial charge in [-0.3, -0.25) is 4.98 Å². The molecule has 1 aliphatic rings. The summed E-state index contributed by atoms with van der Waals surface area (Å²) in [4.78, 5) is 20.1. The molecular weight excluding hydrogens is 264 g/mol. The number of nitrogens with zero attached hydrogens (tertiary/aromatic N) is 3. The third-order valence-corrected chi connectivity index (χ3v) is 4.26. The first kappa shape index (κ1) is 15.8. The second kappa shape index (κ2) is 7.98. The van der Waals surface area contributed by atoms with Gasteiger partial charge in [0.15, 0.2) is 0 Å². The van der Waals surface area contributed by atoms with Gasteiger partial charge in [-0.05, 0) is 32.0 Å². The molecule has 0 aromatic carbocycles. The third-order valence-electron chi connectivity index (χ3n) is 4.26. The molecule has 0 spiro atoms. The van der Waals surface area contributed by atoms with Gasteiger partial charge >= 0.3 is 6.03 Å². The number of carbonyl (C=O) groups is 1. The standard InChI is InChI=1S/C16H26N4O/c1-19(15-6-4-3-5-7-15)12-13-20(2)16(21)18-14-8-10-17-11-9-14/h8-11,15H,3-7,12-13H2,1-2H3,(H,17,18,21). The minimum Gasteiger partial charge on any atom is -0.326 e. The molecule has 2 rings (SSSR count). The van der Waals surface area contributed by atoms with Gasteiger partial charge in [0.25, 0.3) is 0 Å². The van der Waals surface area contributed by atoms with E-state index >= 15 is 0 Å². The Hall–Kier alpha value is -1.62. The van der Waals surface area contributed by atoms with Gasteiger partial charge in [-0.1, -0.05) is 19.3 Å². The van der Waals surface area contributed by atoms with Crippen molar-refractivity contribution in [1.29, 1.82) is 0 Å². The van der Waals surface area contributed by atoms with E-state index in [1.54, 1.807) is 29.4 Å². The molecule has 1 fully saturated rings. The van der Waals surface area contributed by atoms with Crippen molar-refractivity contribution < 1.29 is 4.79 Å². The minimum atomic E-state index is -0.0711. The van der Waals surface area contributed by atoms with E-state index in [1.807, 2.05) is 7.05 Å². The van der Waals surface area contributed by atoms with Crippen molar-refractivity contribution in [2.45, 2.75) is 38.1 Å². The maximum absolute atomic E-state index is 12.1. The number of pyridine rings is 1. The summed E-state index contributed by atoms with van der Waals surface area (Å²) < 4.78 is 0. The van der Waals surface area contributed by atoms with Crippen LogP contribution in [0.2, 0.25) is 0 Å². The van der Waals surface area contributed by atoms with Crippen LogP contribution in [-0.2, 0) is 0 Å². The minimum absolute atomic E-state index is 0.0711. The zero-order valence-corrected chi connectivity index (χ0v) is 13.1. The molecule has 1 aromatic heterocycles. The first-order valence-corrected chi connectivity index (χ1v) is 7.79. The molecule has 2 amide bonds. The van der Waals surface area contributed by atoms with Crippen LogP contribution >= 0.6 is 0 Å². The Labute approximate surface area is 127 Å². The molecule has 21 heavy (non-hydrogen) atoms. The van der Waals surface area contributed by atoms with Crippen LogP contribution in [0.3, 0.4) is 0 Å². The number of carbonyl (C=O) groups excluding carboxylic acids is 1. The predicted molar refractivity (Wildman–Crippen MR) is 85.4 cm³/mol. The van der Waals surface area contributed by atoms with Crippen molar-refractivity contribution in [2.75, 3.05) is 32.5 Å². The monoisotopic (exact) mass is 290 g/mol. The first-order valence-electron chi connectivity index (χ1n) is 7.79. The van der Waals surface area contributed by atoms with Crippen molar-refractivity contribution >= 4 is 11.7 Å². The van der Waals surface area contributed by atoms with Crippen LogP contribution < -0.4 is 5.32 Å². The Morgan fingerprint density at radius 1 is 1.19 bits per heavy atom. The van der Waals surface area contributed by atoms with E-state index < -0.39 is 0 Å². The summed E-state index contributed by atoms with van der Waals surface area (Å²) in [5, 5.41) is 2.87. The molecule has 1 saturated carbocycles. The number of aromatic nitrogens is 1. The lowest BCUT2D eigenvalue weighted by molar-refractivity contribution is 0.172. The first-order chi connectivity index (χ1) is 10.2. The highest BCUT2D eigenvalue weighted by Crippen LogP contribution is 2.21. The number of hydrogen-bond acceptors (Lipinski definition) is 3. The highest BCUT2D eigenvalue weighted by Gasteiger charge is 2.18. The van der Waals surface area contributed by atoms with Gasteiger partial charge in [0.1, 0.15) is 0 Å². The average Bonchev–Trinajstić information content (AvgIpc) is 2.54. The molecule has 1 aliphatic carbocycles. The van der Waals surface area contributed by atoms with E-state index in [0.717, 1.165) is 18.8 Å². The molecule has 0 atom stereocenters. The Kier molecular flexibility index (Phi) is 5.99. The molecule has 5 heteroatoms. The SMILES string of the molecule is CN(CCN(C)C1CCCCC1)C(=O)Nc1ccncc1. The van der Waals surface area contributed by atoms with Crippen molar-refractivity contribution in [2.24, 2.45) is 0 Å². The quantitative estimate of drug-likeness (QED) is 0.907. The van der Waals surface area contributed by atoms with Crippen LogP contribution in [0, 0.1) is 0 Å². The molecule has 1 N–H and O–H groups in total. The van der Waals surface area contributed by atoms with Gasteiger partial charge in [0, 0.05) is 44.3 Å².